The van der Waals surface area contributed by atoms with Crippen molar-refractivity contribution >= 4 is 17.9 Å². The van der Waals surface area contributed by atoms with Gasteiger partial charge in [-0.3, -0.25) is 4.79 Å². The molecule has 1 unspecified atom stereocenters. The molecule has 1 saturated heterocycles. The molecular weight excluding hydrogens is 332 g/mol. The molecule has 5 heteroatoms. The van der Waals surface area contributed by atoms with Crippen molar-refractivity contribution in [2.45, 2.75) is 62.3 Å². The third-order valence-electron chi connectivity index (χ3n) is 5.02. The Bertz CT molecular complexity index is 559. The number of piperidine rings is 1. The molecule has 0 amide bonds. The number of hydrogen-bond acceptors (Lipinski definition) is 3. The van der Waals surface area contributed by atoms with Crippen LogP contribution in [-0.4, -0.2) is 48.3 Å². The Morgan fingerprint density at radius 2 is 2.00 bits per heavy atom. The van der Waals surface area contributed by atoms with Crippen molar-refractivity contribution in [3.8, 4) is 0 Å². The number of nitrogens with zero attached hydrogens (tertiary/aromatic N) is 1. The minimum atomic E-state index is -0.721. The number of carboxylic acids is 1. The molecule has 0 spiro atoms. The van der Waals surface area contributed by atoms with Gasteiger partial charge in [-0.15, -0.1) is 0 Å². The average molecular weight is 366 g/mol. The molecule has 25 heavy (non-hydrogen) atoms. The Balaban J connectivity index is 1.97. The number of likely N-dealkylation sites (N-methyl/N-ethyl adjacent to an activating group) is 1. The summed E-state index contributed by atoms with van der Waals surface area (Å²) in [5, 5.41) is 9.38. The zero-order valence-corrected chi connectivity index (χ0v) is 16.7. The lowest BCUT2D eigenvalue weighted by atomic mass is 9.86. The quantitative estimate of drug-likeness (QED) is 0.393. The van der Waals surface area contributed by atoms with Gasteiger partial charge in [0.2, 0.25) is 0 Å². The second-order valence-electron chi connectivity index (χ2n) is 8.08. The van der Waals surface area contributed by atoms with E-state index in [1.165, 1.54) is 24.8 Å². The van der Waals surface area contributed by atoms with Crippen molar-refractivity contribution in [3.05, 3.63) is 29.8 Å². The molecule has 2 rings (SSSR count). The predicted molar refractivity (Wildman–Crippen MR) is 105 cm³/mol. The minimum Gasteiger partial charge on any atom is -0.481 e. The SMILES string of the molecule is CCCCCc1ccc(SNC2(CC(=O)O)CCC[N+](C)(C)C2)cc1. The highest BCUT2D eigenvalue weighted by molar-refractivity contribution is 7.97. The van der Waals surface area contributed by atoms with E-state index >= 15 is 0 Å². The van der Waals surface area contributed by atoms with Crippen LogP contribution in [0.2, 0.25) is 0 Å². The van der Waals surface area contributed by atoms with E-state index in [1.807, 2.05) is 0 Å². The maximum Gasteiger partial charge on any atom is 0.305 e. The van der Waals surface area contributed by atoms with Gasteiger partial charge in [0.05, 0.1) is 39.1 Å². The summed E-state index contributed by atoms with van der Waals surface area (Å²) in [7, 11) is 4.38. The van der Waals surface area contributed by atoms with Crippen LogP contribution in [0, 0.1) is 0 Å². The van der Waals surface area contributed by atoms with Crippen molar-refractivity contribution in [1.82, 2.24) is 4.72 Å². The number of rotatable bonds is 9. The molecule has 0 aromatic heterocycles. The molecule has 4 nitrogen and oxygen atoms in total. The van der Waals surface area contributed by atoms with Crippen LogP contribution in [0.3, 0.4) is 0 Å². The highest BCUT2D eigenvalue weighted by atomic mass is 32.2. The predicted octanol–water partition coefficient (Wildman–Crippen LogP) is 4.10. The molecule has 1 aliphatic rings. The summed E-state index contributed by atoms with van der Waals surface area (Å²) in [6.45, 7) is 4.19. The fourth-order valence-electron chi connectivity index (χ4n) is 3.85. The van der Waals surface area contributed by atoms with Gasteiger partial charge in [0, 0.05) is 4.90 Å². The number of nitrogens with one attached hydrogen (secondary N) is 1. The molecule has 1 fully saturated rings. The van der Waals surface area contributed by atoms with E-state index in [9.17, 15) is 9.90 Å². The maximum atomic E-state index is 11.4. The number of benzene rings is 1. The summed E-state index contributed by atoms with van der Waals surface area (Å²) in [5.41, 5.74) is 1.05. The molecule has 1 aromatic carbocycles. The molecule has 2 N–H and O–H groups in total. The Kier molecular flexibility index (Phi) is 7.35. The number of likely N-dealkylation sites (tertiary alicyclic amines) is 1. The molecular formula is C20H33N2O2S+. The van der Waals surface area contributed by atoms with Crippen LogP contribution in [0.4, 0.5) is 0 Å². The van der Waals surface area contributed by atoms with E-state index in [-0.39, 0.29) is 12.0 Å². The lowest BCUT2D eigenvalue weighted by molar-refractivity contribution is -0.899. The van der Waals surface area contributed by atoms with Crippen LogP contribution in [-0.2, 0) is 11.2 Å². The maximum absolute atomic E-state index is 11.4. The van der Waals surface area contributed by atoms with Crippen LogP contribution >= 0.6 is 11.9 Å². The number of aryl methyl sites for hydroxylation is 1. The van der Waals surface area contributed by atoms with E-state index in [4.69, 9.17) is 0 Å². The number of quaternary nitrogens is 1. The molecule has 0 radical (unpaired) electrons. The number of carbonyl (C=O) groups is 1. The Morgan fingerprint density at radius 1 is 1.28 bits per heavy atom. The van der Waals surface area contributed by atoms with E-state index in [2.05, 4.69) is 50.0 Å². The van der Waals surface area contributed by atoms with Crippen LogP contribution in [0.1, 0.15) is 51.0 Å². The van der Waals surface area contributed by atoms with Gasteiger partial charge >= 0.3 is 5.97 Å². The minimum absolute atomic E-state index is 0.177. The van der Waals surface area contributed by atoms with Crippen molar-refractivity contribution < 1.29 is 14.4 Å². The first-order chi connectivity index (χ1) is 11.8. The fraction of sp³-hybridized carbons (Fsp3) is 0.650. The third kappa shape index (κ3) is 6.65. The molecule has 1 heterocycles. The Morgan fingerprint density at radius 3 is 2.60 bits per heavy atom. The number of unbranched alkanes of at least 4 members (excludes halogenated alkanes) is 2. The molecule has 1 aromatic rings. The zero-order valence-electron chi connectivity index (χ0n) is 15.9. The second-order valence-corrected chi connectivity index (χ2v) is 8.96. The summed E-state index contributed by atoms with van der Waals surface area (Å²) < 4.78 is 4.40. The van der Waals surface area contributed by atoms with Crippen molar-refractivity contribution in [2.75, 3.05) is 27.2 Å². The first kappa shape index (κ1) is 20.3. The van der Waals surface area contributed by atoms with Crippen LogP contribution in [0.5, 0.6) is 0 Å². The van der Waals surface area contributed by atoms with Gasteiger partial charge in [-0.2, -0.15) is 0 Å². The monoisotopic (exact) mass is 365 g/mol. The normalized spacial score (nSPS) is 22.7. The third-order valence-corrected chi connectivity index (χ3v) is 6.06. The summed E-state index contributed by atoms with van der Waals surface area (Å²) in [4.78, 5) is 12.6. The van der Waals surface area contributed by atoms with Gasteiger partial charge in [0.1, 0.15) is 0 Å². The van der Waals surface area contributed by atoms with Gasteiger partial charge in [0.25, 0.3) is 0 Å². The number of carboxylic acid groups (broad SMARTS) is 1. The second kappa shape index (κ2) is 9.06. The zero-order chi connectivity index (χ0) is 18.3. The van der Waals surface area contributed by atoms with Gasteiger partial charge in [-0.05, 0) is 55.3 Å². The lowest BCUT2D eigenvalue weighted by Crippen LogP contribution is -2.61. The summed E-state index contributed by atoms with van der Waals surface area (Å²) in [6, 6.07) is 8.70. The van der Waals surface area contributed by atoms with E-state index in [0.717, 1.165) is 41.7 Å². The lowest BCUT2D eigenvalue weighted by Gasteiger charge is -2.45. The smallest absolute Gasteiger partial charge is 0.305 e. The Hall–Kier alpha value is -1.04. The summed E-state index contributed by atoms with van der Waals surface area (Å²) in [5.74, 6) is -0.721. The van der Waals surface area contributed by atoms with Crippen molar-refractivity contribution in [2.24, 2.45) is 0 Å². The van der Waals surface area contributed by atoms with E-state index in [0.29, 0.717) is 0 Å². The molecule has 140 valence electrons. The fourth-order valence-corrected chi connectivity index (χ4v) is 4.69. The van der Waals surface area contributed by atoms with Crippen LogP contribution in [0.25, 0.3) is 0 Å². The summed E-state index contributed by atoms with van der Waals surface area (Å²) >= 11 is 1.58. The van der Waals surface area contributed by atoms with Gasteiger partial charge in [-0.25, -0.2) is 4.72 Å². The number of hydrogen-bond donors (Lipinski definition) is 2. The van der Waals surface area contributed by atoms with Crippen LogP contribution < -0.4 is 4.72 Å². The van der Waals surface area contributed by atoms with E-state index in [1.54, 1.807) is 11.9 Å². The van der Waals surface area contributed by atoms with Gasteiger partial charge in [-0.1, -0.05) is 31.9 Å². The molecule has 1 aliphatic heterocycles. The largest absolute Gasteiger partial charge is 0.481 e. The topological polar surface area (TPSA) is 49.3 Å². The highest BCUT2D eigenvalue weighted by Gasteiger charge is 2.42. The first-order valence-electron chi connectivity index (χ1n) is 9.41. The summed E-state index contributed by atoms with van der Waals surface area (Å²) in [6.07, 6.45) is 7.07. The van der Waals surface area contributed by atoms with E-state index < -0.39 is 5.97 Å². The van der Waals surface area contributed by atoms with Gasteiger partial charge < -0.3 is 9.59 Å². The Labute approximate surface area is 156 Å². The molecule has 0 bridgehead atoms. The van der Waals surface area contributed by atoms with Gasteiger partial charge in [0.15, 0.2) is 0 Å². The highest BCUT2D eigenvalue weighted by Crippen LogP contribution is 2.31. The first-order valence-corrected chi connectivity index (χ1v) is 10.2. The molecule has 0 saturated carbocycles. The van der Waals surface area contributed by atoms with Crippen LogP contribution in [0.15, 0.2) is 29.2 Å². The average Bonchev–Trinajstić information content (AvgIpc) is 2.53. The molecule has 0 aliphatic carbocycles. The van der Waals surface area contributed by atoms with Crippen molar-refractivity contribution in [1.29, 1.82) is 0 Å². The number of aliphatic carboxylic acids is 1. The van der Waals surface area contributed by atoms with Crippen molar-refractivity contribution in [3.63, 3.8) is 0 Å². The molecule has 1 atom stereocenters. The standard InChI is InChI=1S/C20H32N2O2S/c1-4-5-6-8-17-9-11-18(12-10-17)25-21-20(15-19(23)24)13-7-14-22(2,3)16-20/h9-12,21H,4-8,13-16H2,1-3H3/p+1.